The molecule has 3 aromatic rings. The van der Waals surface area contributed by atoms with Gasteiger partial charge in [-0.05, 0) is 36.8 Å². The van der Waals surface area contributed by atoms with Gasteiger partial charge in [-0.25, -0.2) is 4.68 Å². The van der Waals surface area contributed by atoms with Crippen molar-refractivity contribution in [2.45, 2.75) is 13.3 Å². The van der Waals surface area contributed by atoms with Gasteiger partial charge in [0.2, 0.25) is 5.82 Å². The molecule has 0 saturated carbocycles. The van der Waals surface area contributed by atoms with Crippen molar-refractivity contribution >= 4 is 28.9 Å². The highest BCUT2D eigenvalue weighted by Gasteiger charge is 2.20. The van der Waals surface area contributed by atoms with Crippen molar-refractivity contribution < 1.29 is 14.1 Å². The van der Waals surface area contributed by atoms with Crippen LogP contribution in [-0.2, 0) is 6.42 Å². The summed E-state index contributed by atoms with van der Waals surface area (Å²) >= 11 is 6.01. The molecular formula is C18H14ClFN4O3. The average Bonchev–Trinajstić information content (AvgIpc) is 3.07. The number of benzene rings is 2. The highest BCUT2D eigenvalue weighted by Crippen LogP contribution is 2.23. The van der Waals surface area contributed by atoms with Crippen LogP contribution in [0.2, 0.25) is 5.02 Å². The Kier molecular flexibility index (Phi) is 5.18. The molecule has 7 nitrogen and oxygen atoms in total. The third-order valence-electron chi connectivity index (χ3n) is 3.90. The van der Waals surface area contributed by atoms with Crippen LogP contribution < -0.4 is 5.32 Å². The fourth-order valence-corrected chi connectivity index (χ4v) is 2.85. The van der Waals surface area contributed by atoms with Gasteiger partial charge in [0.1, 0.15) is 0 Å². The predicted molar refractivity (Wildman–Crippen MR) is 99.0 cm³/mol. The molecule has 0 aliphatic carbocycles. The Morgan fingerprint density at radius 3 is 2.78 bits per heavy atom. The molecule has 0 radical (unpaired) electrons. The lowest BCUT2D eigenvalue weighted by Crippen LogP contribution is -2.14. The van der Waals surface area contributed by atoms with Crippen LogP contribution in [0.5, 0.6) is 0 Å². The number of carbonyl (C=O) groups excluding carboxylic acids is 1. The normalized spacial score (nSPS) is 10.6. The minimum absolute atomic E-state index is 0.116. The summed E-state index contributed by atoms with van der Waals surface area (Å²) in [5.41, 5.74) is 1.07. The van der Waals surface area contributed by atoms with Crippen molar-refractivity contribution in [3.63, 3.8) is 0 Å². The number of nitro groups is 1. The first kappa shape index (κ1) is 18.5. The molecule has 0 unspecified atom stereocenters. The highest BCUT2D eigenvalue weighted by atomic mass is 35.5. The van der Waals surface area contributed by atoms with Crippen LogP contribution in [-0.4, -0.2) is 20.6 Å². The second-order valence-corrected chi connectivity index (χ2v) is 6.06. The molecule has 0 aliphatic rings. The summed E-state index contributed by atoms with van der Waals surface area (Å²) in [7, 11) is 0. The van der Waals surface area contributed by atoms with E-state index in [1.807, 2.05) is 13.0 Å². The maximum Gasteiger partial charge on any atom is 0.306 e. The minimum Gasteiger partial charge on any atom is -0.322 e. The van der Waals surface area contributed by atoms with Gasteiger partial charge in [0, 0.05) is 16.8 Å². The predicted octanol–water partition coefficient (Wildman–Crippen LogP) is 4.39. The van der Waals surface area contributed by atoms with Crippen LogP contribution in [0.4, 0.5) is 15.8 Å². The quantitative estimate of drug-likeness (QED) is 0.518. The van der Waals surface area contributed by atoms with E-state index >= 15 is 0 Å². The molecular weight excluding hydrogens is 375 g/mol. The number of nitrogens with one attached hydrogen (secondary N) is 1. The number of nitro benzene ring substituents is 1. The number of carbonyl (C=O) groups is 1. The first-order valence-corrected chi connectivity index (χ1v) is 8.36. The highest BCUT2D eigenvalue weighted by molar-refractivity contribution is 6.30. The van der Waals surface area contributed by atoms with E-state index in [1.165, 1.54) is 12.3 Å². The number of amides is 1. The van der Waals surface area contributed by atoms with Crippen molar-refractivity contribution in [2.75, 3.05) is 5.32 Å². The zero-order valence-corrected chi connectivity index (χ0v) is 14.9. The average molecular weight is 389 g/mol. The Morgan fingerprint density at radius 1 is 1.33 bits per heavy atom. The molecule has 27 heavy (non-hydrogen) atoms. The fourth-order valence-electron chi connectivity index (χ4n) is 2.66. The molecule has 1 aromatic heterocycles. The number of aromatic nitrogens is 2. The van der Waals surface area contributed by atoms with Gasteiger partial charge in [-0.1, -0.05) is 24.6 Å². The Labute approximate surface area is 158 Å². The lowest BCUT2D eigenvalue weighted by atomic mass is 10.1. The maximum absolute atomic E-state index is 13.4. The van der Waals surface area contributed by atoms with E-state index in [-0.39, 0.29) is 5.69 Å². The summed E-state index contributed by atoms with van der Waals surface area (Å²) in [5, 5.41) is 18.2. The molecule has 0 aliphatic heterocycles. The van der Waals surface area contributed by atoms with Gasteiger partial charge in [0.15, 0.2) is 0 Å². The summed E-state index contributed by atoms with van der Waals surface area (Å²) in [6.45, 7) is 1.87. The van der Waals surface area contributed by atoms with Crippen LogP contribution in [0.25, 0.3) is 5.69 Å². The minimum atomic E-state index is -0.971. The molecule has 3 rings (SSSR count). The Morgan fingerprint density at radius 2 is 2.11 bits per heavy atom. The molecule has 0 bridgehead atoms. The topological polar surface area (TPSA) is 90.1 Å². The third kappa shape index (κ3) is 3.80. The van der Waals surface area contributed by atoms with Crippen molar-refractivity contribution in [1.82, 2.24) is 9.78 Å². The summed E-state index contributed by atoms with van der Waals surface area (Å²) in [4.78, 5) is 22.6. The molecule has 1 N–H and O–H groups in total. The van der Waals surface area contributed by atoms with Crippen molar-refractivity contribution in [3.05, 3.63) is 80.9 Å². The van der Waals surface area contributed by atoms with Crippen molar-refractivity contribution in [2.24, 2.45) is 0 Å². The van der Waals surface area contributed by atoms with E-state index in [2.05, 4.69) is 10.4 Å². The molecule has 138 valence electrons. The van der Waals surface area contributed by atoms with Gasteiger partial charge < -0.3 is 5.32 Å². The third-order valence-corrected chi connectivity index (χ3v) is 4.14. The molecule has 1 heterocycles. The van der Waals surface area contributed by atoms with Gasteiger partial charge in [-0.15, -0.1) is 0 Å². The van der Waals surface area contributed by atoms with Gasteiger partial charge in [0.05, 0.1) is 28.1 Å². The number of rotatable bonds is 5. The van der Waals surface area contributed by atoms with Crippen LogP contribution in [0.3, 0.4) is 0 Å². The van der Waals surface area contributed by atoms with Crippen LogP contribution in [0.15, 0.2) is 48.7 Å². The van der Waals surface area contributed by atoms with Gasteiger partial charge in [-0.2, -0.15) is 9.49 Å². The lowest BCUT2D eigenvalue weighted by Gasteiger charge is -2.09. The monoisotopic (exact) mass is 388 g/mol. The maximum atomic E-state index is 13.4. The number of anilines is 1. The second-order valence-electron chi connectivity index (χ2n) is 5.63. The van der Waals surface area contributed by atoms with E-state index < -0.39 is 22.3 Å². The molecule has 2 aromatic carbocycles. The Balaban J connectivity index is 1.92. The van der Waals surface area contributed by atoms with E-state index in [4.69, 9.17) is 11.6 Å². The first-order chi connectivity index (χ1) is 12.9. The Bertz CT molecular complexity index is 1040. The molecule has 0 fully saturated rings. The fraction of sp³-hybridized carbons (Fsp3) is 0.111. The summed E-state index contributed by atoms with van der Waals surface area (Å²) < 4.78 is 15.0. The van der Waals surface area contributed by atoms with E-state index in [0.29, 0.717) is 28.4 Å². The number of hydrogen-bond donors (Lipinski definition) is 1. The largest absolute Gasteiger partial charge is 0.322 e. The van der Waals surface area contributed by atoms with Gasteiger partial charge in [-0.3, -0.25) is 14.9 Å². The molecule has 9 heteroatoms. The number of nitrogens with zero attached hydrogens (tertiary/aromatic N) is 3. The molecule has 0 atom stereocenters. The van der Waals surface area contributed by atoms with Gasteiger partial charge >= 0.3 is 5.69 Å². The van der Waals surface area contributed by atoms with E-state index in [0.717, 1.165) is 12.1 Å². The SMILES string of the molecule is CCc1c(C(=O)Nc2ccc(F)c([N+](=O)[O-])c2)cnn1-c1cccc(Cl)c1. The van der Waals surface area contributed by atoms with Crippen molar-refractivity contribution in [1.29, 1.82) is 0 Å². The summed E-state index contributed by atoms with van der Waals surface area (Å²) in [6, 6.07) is 10.2. The Hall–Kier alpha value is -3.26. The van der Waals surface area contributed by atoms with E-state index in [9.17, 15) is 19.3 Å². The van der Waals surface area contributed by atoms with Crippen LogP contribution >= 0.6 is 11.6 Å². The van der Waals surface area contributed by atoms with Gasteiger partial charge in [0.25, 0.3) is 5.91 Å². The standard InChI is InChI=1S/C18H14ClFN4O3/c1-2-16-14(10-21-23(16)13-5-3-4-11(19)8-13)18(25)22-12-6-7-15(20)17(9-12)24(26)27/h3-10H,2H2,1H3,(H,22,25). The zero-order chi connectivity index (χ0) is 19.6. The number of hydrogen-bond acceptors (Lipinski definition) is 4. The van der Waals surface area contributed by atoms with Crippen LogP contribution in [0, 0.1) is 15.9 Å². The second kappa shape index (κ2) is 7.55. The van der Waals surface area contributed by atoms with Crippen molar-refractivity contribution in [3.8, 4) is 5.69 Å². The van der Waals surface area contributed by atoms with E-state index in [1.54, 1.807) is 22.9 Å². The lowest BCUT2D eigenvalue weighted by molar-refractivity contribution is -0.387. The zero-order valence-electron chi connectivity index (χ0n) is 14.1. The van der Waals surface area contributed by atoms with Crippen LogP contribution in [0.1, 0.15) is 23.0 Å². The first-order valence-electron chi connectivity index (χ1n) is 7.98. The number of halogens is 2. The smallest absolute Gasteiger partial charge is 0.306 e. The summed E-state index contributed by atoms with van der Waals surface area (Å²) in [5.74, 6) is -1.47. The molecule has 0 spiro atoms. The molecule has 0 saturated heterocycles. The molecule has 1 amide bonds. The summed E-state index contributed by atoms with van der Waals surface area (Å²) in [6.07, 6.45) is 1.92.